The molecular weight excluding hydrogens is 430 g/mol. The maximum Gasteiger partial charge on any atom is 0.343 e. The number of nitrogens with zero attached hydrogens (tertiary/aromatic N) is 1. The third-order valence-corrected chi connectivity index (χ3v) is 6.46. The van der Waals surface area contributed by atoms with Gasteiger partial charge in [-0.3, -0.25) is 0 Å². The van der Waals surface area contributed by atoms with Crippen molar-refractivity contribution < 1.29 is 9.53 Å². The molecule has 182 valence electrons. The Morgan fingerprint density at radius 1 is 0.857 bits per heavy atom. The molecule has 3 nitrogen and oxygen atoms in total. The minimum absolute atomic E-state index is 0.308. The summed E-state index contributed by atoms with van der Waals surface area (Å²) >= 11 is 0. The van der Waals surface area contributed by atoms with Crippen LogP contribution in [0.5, 0.6) is 5.75 Å². The first-order chi connectivity index (χ1) is 17.0. The minimum Gasteiger partial charge on any atom is -0.422 e. The number of carbonyl (C=O) groups excluding carboxylic acids is 1. The predicted molar refractivity (Wildman–Crippen MR) is 144 cm³/mol. The van der Waals surface area contributed by atoms with Gasteiger partial charge in [0.25, 0.3) is 0 Å². The number of benzene rings is 3. The average molecular weight is 468 g/mol. The van der Waals surface area contributed by atoms with Gasteiger partial charge >= 0.3 is 5.97 Å². The van der Waals surface area contributed by atoms with E-state index in [1.165, 1.54) is 31.2 Å². The Bertz CT molecular complexity index is 1120. The summed E-state index contributed by atoms with van der Waals surface area (Å²) in [6.45, 7) is 6.63. The van der Waals surface area contributed by atoms with E-state index in [0.29, 0.717) is 22.8 Å². The Morgan fingerprint density at radius 2 is 1.51 bits per heavy atom. The molecule has 0 aliphatic rings. The van der Waals surface area contributed by atoms with Gasteiger partial charge in [0.15, 0.2) is 0 Å². The van der Waals surface area contributed by atoms with Gasteiger partial charge in [-0.05, 0) is 71.7 Å². The number of hydrogen-bond donors (Lipinski definition) is 0. The summed E-state index contributed by atoms with van der Waals surface area (Å²) in [5.74, 6) is 0.408. The van der Waals surface area contributed by atoms with Crippen LogP contribution in [0, 0.1) is 17.2 Å². The van der Waals surface area contributed by atoms with E-state index < -0.39 is 5.97 Å². The Hall–Kier alpha value is -3.38. The molecule has 0 fully saturated rings. The number of hydrogen-bond acceptors (Lipinski definition) is 3. The van der Waals surface area contributed by atoms with Crippen LogP contribution < -0.4 is 4.74 Å². The van der Waals surface area contributed by atoms with Crippen molar-refractivity contribution in [2.45, 2.75) is 72.1 Å². The van der Waals surface area contributed by atoms with Crippen LogP contribution in [0.4, 0.5) is 0 Å². The van der Waals surface area contributed by atoms with Crippen molar-refractivity contribution in [3.05, 3.63) is 89.0 Å². The molecule has 3 rings (SSSR count). The topological polar surface area (TPSA) is 50.1 Å². The van der Waals surface area contributed by atoms with Crippen molar-refractivity contribution in [3.63, 3.8) is 0 Å². The molecule has 3 aromatic carbocycles. The van der Waals surface area contributed by atoms with Crippen molar-refractivity contribution in [2.24, 2.45) is 5.92 Å². The quantitative estimate of drug-likeness (QED) is 0.152. The zero-order chi connectivity index (χ0) is 25.0. The fourth-order valence-electron chi connectivity index (χ4n) is 4.46. The molecule has 0 radical (unpaired) electrons. The van der Waals surface area contributed by atoms with Gasteiger partial charge in [0.1, 0.15) is 11.8 Å². The number of unbranched alkanes of at least 4 members (excludes halogenated alkanes) is 3. The summed E-state index contributed by atoms with van der Waals surface area (Å²) in [6.07, 6.45) is 9.41. The smallest absolute Gasteiger partial charge is 0.343 e. The molecule has 3 heteroatoms. The van der Waals surface area contributed by atoms with Gasteiger partial charge in [-0.15, -0.1) is 0 Å². The molecule has 0 aliphatic carbocycles. The maximum atomic E-state index is 12.7. The lowest BCUT2D eigenvalue weighted by Crippen LogP contribution is -2.09. The molecule has 0 heterocycles. The standard InChI is InChI=1S/C32H37NO2/c1-4-6-7-8-10-25-11-14-27(15-12-25)28-16-18-29(19-17-28)32(34)35-31-20-13-26(22-30(31)23-33)21-24(3)9-5-2/h11-20,22,24H,4-10,21H2,1-3H3. The van der Waals surface area contributed by atoms with Crippen LogP contribution in [0.1, 0.15) is 86.3 Å². The van der Waals surface area contributed by atoms with E-state index in [1.807, 2.05) is 24.3 Å². The highest BCUT2D eigenvalue weighted by molar-refractivity contribution is 5.92. The lowest BCUT2D eigenvalue weighted by atomic mass is 9.96. The molecule has 0 saturated carbocycles. The van der Waals surface area contributed by atoms with Crippen LogP contribution >= 0.6 is 0 Å². The van der Waals surface area contributed by atoms with Gasteiger partial charge < -0.3 is 4.74 Å². The van der Waals surface area contributed by atoms with E-state index in [4.69, 9.17) is 4.74 Å². The van der Waals surface area contributed by atoms with Crippen LogP contribution in [0.15, 0.2) is 66.7 Å². The van der Waals surface area contributed by atoms with E-state index in [0.717, 1.165) is 42.4 Å². The van der Waals surface area contributed by atoms with Crippen LogP contribution in [-0.4, -0.2) is 5.97 Å². The molecule has 0 aliphatic heterocycles. The maximum absolute atomic E-state index is 12.7. The Kier molecular flexibility index (Phi) is 10.1. The average Bonchev–Trinajstić information content (AvgIpc) is 2.88. The van der Waals surface area contributed by atoms with Crippen molar-refractivity contribution >= 4 is 5.97 Å². The summed E-state index contributed by atoms with van der Waals surface area (Å²) in [5.41, 5.74) is 5.50. The molecule has 1 atom stereocenters. The van der Waals surface area contributed by atoms with E-state index in [2.05, 4.69) is 51.1 Å². The molecular formula is C32H37NO2. The number of rotatable bonds is 12. The molecule has 0 aromatic heterocycles. The highest BCUT2D eigenvalue weighted by Gasteiger charge is 2.14. The first kappa shape index (κ1) is 26.2. The van der Waals surface area contributed by atoms with Crippen LogP contribution in [-0.2, 0) is 12.8 Å². The number of nitriles is 1. The van der Waals surface area contributed by atoms with E-state index in [9.17, 15) is 10.1 Å². The molecule has 0 saturated heterocycles. The molecule has 0 spiro atoms. The second-order valence-corrected chi connectivity index (χ2v) is 9.51. The molecule has 0 amide bonds. The fraction of sp³-hybridized carbons (Fsp3) is 0.375. The van der Waals surface area contributed by atoms with Gasteiger partial charge in [0.05, 0.1) is 11.1 Å². The second-order valence-electron chi connectivity index (χ2n) is 9.51. The third kappa shape index (κ3) is 7.82. The molecule has 1 unspecified atom stereocenters. The molecule has 3 aromatic rings. The van der Waals surface area contributed by atoms with Crippen LogP contribution in [0.2, 0.25) is 0 Å². The van der Waals surface area contributed by atoms with E-state index >= 15 is 0 Å². The highest BCUT2D eigenvalue weighted by Crippen LogP contribution is 2.25. The highest BCUT2D eigenvalue weighted by atomic mass is 16.5. The summed E-state index contributed by atoms with van der Waals surface area (Å²) in [4.78, 5) is 12.7. The third-order valence-electron chi connectivity index (χ3n) is 6.46. The molecule has 0 bridgehead atoms. The van der Waals surface area contributed by atoms with Crippen molar-refractivity contribution in [3.8, 4) is 22.9 Å². The van der Waals surface area contributed by atoms with Crippen molar-refractivity contribution in [1.82, 2.24) is 0 Å². The summed E-state index contributed by atoms with van der Waals surface area (Å²) in [7, 11) is 0. The SMILES string of the molecule is CCCCCCc1ccc(-c2ccc(C(=O)Oc3ccc(CC(C)CCC)cc3C#N)cc2)cc1. The number of carbonyl (C=O) groups is 1. The Morgan fingerprint density at radius 3 is 2.14 bits per heavy atom. The van der Waals surface area contributed by atoms with Gasteiger partial charge in [0, 0.05) is 0 Å². The largest absolute Gasteiger partial charge is 0.422 e. The van der Waals surface area contributed by atoms with Crippen molar-refractivity contribution in [1.29, 1.82) is 5.26 Å². The van der Waals surface area contributed by atoms with Crippen LogP contribution in [0.3, 0.4) is 0 Å². The first-order valence-corrected chi connectivity index (χ1v) is 13.0. The minimum atomic E-state index is -0.456. The van der Waals surface area contributed by atoms with Gasteiger partial charge in [-0.1, -0.05) is 95.3 Å². The predicted octanol–water partition coefficient (Wildman–Crippen LogP) is 8.55. The summed E-state index contributed by atoms with van der Waals surface area (Å²) in [5, 5.41) is 9.58. The van der Waals surface area contributed by atoms with Gasteiger partial charge in [0.2, 0.25) is 0 Å². The number of ether oxygens (including phenoxy) is 1. The number of aryl methyl sites for hydroxylation is 1. The lowest BCUT2D eigenvalue weighted by molar-refractivity contribution is 0.0734. The second kappa shape index (κ2) is 13.5. The van der Waals surface area contributed by atoms with Gasteiger partial charge in [-0.25, -0.2) is 4.79 Å². The van der Waals surface area contributed by atoms with Crippen LogP contribution in [0.25, 0.3) is 11.1 Å². The normalized spacial score (nSPS) is 11.6. The van der Waals surface area contributed by atoms with Crippen molar-refractivity contribution in [2.75, 3.05) is 0 Å². The van der Waals surface area contributed by atoms with E-state index in [1.54, 1.807) is 18.2 Å². The lowest BCUT2D eigenvalue weighted by Gasteiger charge is -2.12. The Labute approximate surface area is 210 Å². The molecule has 0 N–H and O–H groups in total. The van der Waals surface area contributed by atoms with E-state index in [-0.39, 0.29) is 0 Å². The summed E-state index contributed by atoms with van der Waals surface area (Å²) < 4.78 is 5.58. The molecule has 35 heavy (non-hydrogen) atoms. The van der Waals surface area contributed by atoms with Gasteiger partial charge in [-0.2, -0.15) is 5.26 Å². The fourth-order valence-corrected chi connectivity index (χ4v) is 4.46. The number of esters is 1. The Balaban J connectivity index is 1.62. The monoisotopic (exact) mass is 467 g/mol. The zero-order valence-corrected chi connectivity index (χ0v) is 21.3. The first-order valence-electron chi connectivity index (χ1n) is 13.0. The summed E-state index contributed by atoms with van der Waals surface area (Å²) in [6, 6.07) is 23.8. The zero-order valence-electron chi connectivity index (χ0n) is 21.3.